The van der Waals surface area contributed by atoms with E-state index in [-0.39, 0.29) is 5.78 Å². The lowest BCUT2D eigenvalue weighted by atomic mass is 9.48. The minimum absolute atomic E-state index is 0.146. The molecule has 0 radical (unpaired) electrons. The summed E-state index contributed by atoms with van der Waals surface area (Å²) in [6.45, 7) is 0. The van der Waals surface area contributed by atoms with Gasteiger partial charge in [-0.15, -0.1) is 0 Å². The fraction of sp³-hybridized carbons (Fsp3) is 0.941. The molecule has 5 aliphatic carbocycles. The van der Waals surface area contributed by atoms with Gasteiger partial charge in [0.05, 0.1) is 0 Å². The molecule has 2 nitrogen and oxygen atoms in total. The summed E-state index contributed by atoms with van der Waals surface area (Å²) in [7, 11) is 0. The van der Waals surface area contributed by atoms with Crippen LogP contribution in [0.3, 0.4) is 0 Å². The van der Waals surface area contributed by atoms with Crippen molar-refractivity contribution in [3.05, 3.63) is 0 Å². The molecule has 6 aliphatic rings. The van der Waals surface area contributed by atoms with E-state index in [4.69, 9.17) is 4.74 Å². The Morgan fingerprint density at radius 3 is 1.86 bits per heavy atom. The molecular weight excluding hydrogens is 293 g/mol. The van der Waals surface area contributed by atoms with Crippen LogP contribution in [-0.2, 0) is 9.53 Å². The number of carbonyl (C=O) groups excluding carboxylic acids is 1. The molecule has 1 aliphatic heterocycles. The Morgan fingerprint density at radius 1 is 1.00 bits per heavy atom. The average Bonchev–Trinajstić information content (AvgIpc) is 3.27. The van der Waals surface area contributed by atoms with Crippen molar-refractivity contribution >= 4 is 5.78 Å². The normalized spacial score (nSPS) is 50.4. The summed E-state index contributed by atoms with van der Waals surface area (Å²) in [5.41, 5.74) is -3.61. The summed E-state index contributed by atoms with van der Waals surface area (Å²) < 4.78 is 45.6. The fourth-order valence-corrected chi connectivity index (χ4v) is 6.41. The molecule has 1 heterocycles. The van der Waals surface area contributed by atoms with Gasteiger partial charge in [0.1, 0.15) is 11.4 Å². The maximum absolute atomic E-state index is 13.5. The third kappa shape index (κ3) is 1.59. The van der Waals surface area contributed by atoms with E-state index in [1.807, 2.05) is 0 Å². The average molecular weight is 314 g/mol. The molecule has 1 saturated heterocycles. The molecule has 122 valence electrons. The van der Waals surface area contributed by atoms with Crippen molar-refractivity contribution in [3.8, 4) is 0 Å². The van der Waals surface area contributed by atoms with Crippen molar-refractivity contribution < 1.29 is 22.7 Å². The Kier molecular flexibility index (Phi) is 2.35. The molecule has 6 rings (SSSR count). The van der Waals surface area contributed by atoms with Gasteiger partial charge in [-0.1, -0.05) is 0 Å². The van der Waals surface area contributed by atoms with Crippen molar-refractivity contribution in [2.75, 3.05) is 0 Å². The SMILES string of the molecule is O=C(CC1(C(F)(F)F)OC12CC2)C12CC3CC(CC(C3)C1)C2. The lowest BCUT2D eigenvalue weighted by Crippen LogP contribution is -2.52. The first-order chi connectivity index (χ1) is 10.3. The molecule has 22 heavy (non-hydrogen) atoms. The number of hydrogen-bond acceptors (Lipinski definition) is 2. The van der Waals surface area contributed by atoms with E-state index < -0.39 is 29.2 Å². The van der Waals surface area contributed by atoms with E-state index in [1.165, 1.54) is 19.3 Å². The van der Waals surface area contributed by atoms with Gasteiger partial charge in [-0.2, -0.15) is 13.2 Å². The van der Waals surface area contributed by atoms with Crippen LogP contribution in [-0.4, -0.2) is 23.2 Å². The molecular formula is C17H21F3O2. The van der Waals surface area contributed by atoms with E-state index in [1.54, 1.807) is 0 Å². The molecule has 4 bridgehead atoms. The molecule has 5 saturated carbocycles. The van der Waals surface area contributed by atoms with E-state index in [0.29, 0.717) is 30.6 Å². The van der Waals surface area contributed by atoms with Gasteiger partial charge in [0.25, 0.3) is 0 Å². The van der Waals surface area contributed by atoms with Crippen LogP contribution in [0.25, 0.3) is 0 Å². The van der Waals surface area contributed by atoms with Gasteiger partial charge in [0.2, 0.25) is 0 Å². The Balaban J connectivity index is 1.41. The quantitative estimate of drug-likeness (QED) is 0.736. The summed E-state index contributed by atoms with van der Waals surface area (Å²) in [6.07, 6.45) is 2.15. The fourth-order valence-electron chi connectivity index (χ4n) is 6.41. The Morgan fingerprint density at radius 2 is 1.50 bits per heavy atom. The van der Waals surface area contributed by atoms with Crippen molar-refractivity contribution in [2.45, 2.75) is 75.2 Å². The number of hydrogen-bond donors (Lipinski definition) is 0. The highest BCUT2D eigenvalue weighted by Gasteiger charge is 2.87. The lowest BCUT2D eigenvalue weighted by molar-refractivity contribution is -0.191. The van der Waals surface area contributed by atoms with Gasteiger partial charge in [-0.05, 0) is 69.1 Å². The zero-order chi connectivity index (χ0) is 15.4. The number of epoxide rings is 1. The lowest BCUT2D eigenvalue weighted by Gasteiger charge is -2.56. The van der Waals surface area contributed by atoms with Crippen molar-refractivity contribution in [1.29, 1.82) is 0 Å². The van der Waals surface area contributed by atoms with Crippen molar-refractivity contribution in [3.63, 3.8) is 0 Å². The number of Topliss-reactive ketones (excluding diaryl/α,β-unsaturated/α-hetero) is 1. The van der Waals surface area contributed by atoms with Crippen molar-refractivity contribution in [2.24, 2.45) is 23.2 Å². The molecule has 1 unspecified atom stereocenters. The van der Waals surface area contributed by atoms with Crippen LogP contribution in [0, 0.1) is 23.2 Å². The largest absolute Gasteiger partial charge is 0.420 e. The van der Waals surface area contributed by atoms with Crippen molar-refractivity contribution in [1.82, 2.24) is 0 Å². The highest BCUT2D eigenvalue weighted by molar-refractivity contribution is 5.87. The summed E-state index contributed by atoms with van der Waals surface area (Å²) >= 11 is 0. The number of ether oxygens (including phenoxy) is 1. The molecule has 0 aromatic rings. The zero-order valence-electron chi connectivity index (χ0n) is 12.5. The third-order valence-electron chi connectivity index (χ3n) is 7.27. The second kappa shape index (κ2) is 3.73. The zero-order valence-corrected chi connectivity index (χ0v) is 12.5. The summed E-state index contributed by atoms with van der Waals surface area (Å²) in [5.74, 6) is 1.58. The second-order valence-corrected chi connectivity index (χ2v) is 8.72. The Labute approximate surface area is 127 Å². The first kappa shape index (κ1) is 13.8. The number of halogens is 3. The molecule has 0 N–H and O–H groups in total. The third-order valence-corrected chi connectivity index (χ3v) is 7.27. The van der Waals surface area contributed by atoms with Crippen LogP contribution in [0.2, 0.25) is 0 Å². The van der Waals surface area contributed by atoms with Gasteiger partial charge < -0.3 is 4.74 Å². The number of ketones is 1. The summed E-state index contributed by atoms with van der Waals surface area (Å²) in [5, 5.41) is 0. The topological polar surface area (TPSA) is 29.6 Å². The monoisotopic (exact) mass is 314 g/mol. The predicted octanol–water partition coefficient (Wildman–Crippen LogP) is 4.03. The van der Waals surface area contributed by atoms with Crippen LogP contribution in [0.4, 0.5) is 13.2 Å². The molecule has 0 amide bonds. The Hall–Kier alpha value is -0.580. The number of alkyl halides is 3. The number of carbonyl (C=O) groups is 1. The van der Waals surface area contributed by atoms with E-state index in [9.17, 15) is 18.0 Å². The minimum Gasteiger partial charge on any atom is -0.352 e. The van der Waals surface area contributed by atoms with Gasteiger partial charge in [0.15, 0.2) is 5.60 Å². The van der Waals surface area contributed by atoms with Gasteiger partial charge in [-0.3, -0.25) is 4.79 Å². The summed E-state index contributed by atoms with van der Waals surface area (Å²) in [4.78, 5) is 12.9. The molecule has 5 heteroatoms. The molecule has 0 aromatic carbocycles. The Bertz CT molecular complexity index is 513. The smallest absolute Gasteiger partial charge is 0.352 e. The van der Waals surface area contributed by atoms with Crippen LogP contribution < -0.4 is 0 Å². The second-order valence-electron chi connectivity index (χ2n) is 8.72. The highest BCUT2D eigenvalue weighted by atomic mass is 19.4. The number of rotatable bonds is 3. The van der Waals surface area contributed by atoms with E-state index >= 15 is 0 Å². The molecule has 0 aromatic heterocycles. The van der Waals surface area contributed by atoms with E-state index in [0.717, 1.165) is 19.3 Å². The molecule has 1 spiro atoms. The first-order valence-electron chi connectivity index (χ1n) is 8.58. The van der Waals surface area contributed by atoms with Crippen LogP contribution >= 0.6 is 0 Å². The first-order valence-corrected chi connectivity index (χ1v) is 8.58. The molecule has 1 atom stereocenters. The van der Waals surface area contributed by atoms with Gasteiger partial charge in [-0.25, -0.2) is 0 Å². The standard InChI is InChI=1S/C17H21F3O2/c18-17(19,20)16(15(22-16)1-2-15)9-13(21)14-6-10-3-11(7-14)5-12(4-10)8-14/h10-12H,1-9H2. The van der Waals surface area contributed by atoms with Crippen LogP contribution in [0.1, 0.15) is 57.8 Å². The van der Waals surface area contributed by atoms with Gasteiger partial charge in [0, 0.05) is 11.8 Å². The van der Waals surface area contributed by atoms with Gasteiger partial charge >= 0.3 is 6.18 Å². The summed E-state index contributed by atoms with van der Waals surface area (Å²) in [6, 6.07) is 0. The molecule has 6 fully saturated rings. The maximum atomic E-state index is 13.5. The van der Waals surface area contributed by atoms with E-state index in [2.05, 4.69) is 0 Å². The predicted molar refractivity (Wildman–Crippen MR) is 72.1 cm³/mol. The van der Waals surface area contributed by atoms with Crippen LogP contribution in [0.5, 0.6) is 0 Å². The van der Waals surface area contributed by atoms with Crippen LogP contribution in [0.15, 0.2) is 0 Å². The highest BCUT2D eigenvalue weighted by Crippen LogP contribution is 2.72. The minimum atomic E-state index is -4.42. The maximum Gasteiger partial charge on any atom is 0.420 e.